The van der Waals surface area contributed by atoms with Crippen LogP contribution in [-0.4, -0.2) is 90.0 Å². The Hall–Kier alpha value is -3.32. The summed E-state index contributed by atoms with van der Waals surface area (Å²) in [6, 6.07) is 8.44. The first kappa shape index (κ1) is 31.0. The molecular weight excluding hydrogens is 614 g/mol. The van der Waals surface area contributed by atoms with Gasteiger partial charge in [0.25, 0.3) is 5.92 Å². The standard InChI is InChI=1S/C35H39F4N5O3/c1-32-10-8-23(42-32)15-44(18-32)30-25-13-26(36)27(34(45)11-7-21-5-3-4-6-22(21)14-34)28(37)29(25)40-31(41-30)47-20-33(17-35(33,38)39)19-43-12-9-24(16-43)46-2/h3-7,11,13,23-24,42,45H,8-10,12,14-20H2,1-2H3/t23-,24-,32+,33-,34?/m1/s1. The average molecular weight is 654 g/mol. The van der Waals surface area contributed by atoms with E-state index in [1.807, 2.05) is 34.1 Å². The minimum absolute atomic E-state index is 0.00257. The van der Waals surface area contributed by atoms with Crippen LogP contribution in [-0.2, 0) is 16.8 Å². The first-order valence-corrected chi connectivity index (χ1v) is 16.4. The fraction of sp³-hybridized carbons (Fsp3) is 0.543. The molecule has 12 heteroatoms. The smallest absolute Gasteiger partial charge is 0.319 e. The Labute approximate surface area is 270 Å². The summed E-state index contributed by atoms with van der Waals surface area (Å²) in [5, 5.41) is 15.5. The summed E-state index contributed by atoms with van der Waals surface area (Å²) >= 11 is 0. The molecule has 1 saturated carbocycles. The summed E-state index contributed by atoms with van der Waals surface area (Å²) in [4.78, 5) is 13.0. The maximum Gasteiger partial charge on any atom is 0.319 e. The highest BCUT2D eigenvalue weighted by molar-refractivity contribution is 5.91. The van der Waals surface area contributed by atoms with E-state index in [0.717, 1.165) is 30.4 Å². The maximum absolute atomic E-state index is 16.7. The van der Waals surface area contributed by atoms with E-state index < -0.39 is 34.1 Å². The zero-order chi connectivity index (χ0) is 32.8. The lowest BCUT2D eigenvalue weighted by Crippen LogP contribution is -2.58. The number of methoxy groups -OCH3 is 1. The highest BCUT2D eigenvalue weighted by Crippen LogP contribution is 2.61. The van der Waals surface area contributed by atoms with Gasteiger partial charge in [-0.1, -0.05) is 30.3 Å². The highest BCUT2D eigenvalue weighted by Gasteiger charge is 2.72. The van der Waals surface area contributed by atoms with Crippen LogP contribution in [0.15, 0.2) is 36.4 Å². The molecule has 2 N–H and O–H groups in total. The Bertz CT molecular complexity index is 1770. The Balaban J connectivity index is 1.18. The minimum Gasteiger partial charge on any atom is -0.463 e. The van der Waals surface area contributed by atoms with E-state index >= 15 is 8.78 Å². The second kappa shape index (κ2) is 10.8. The molecule has 3 aliphatic heterocycles. The third-order valence-electron chi connectivity index (χ3n) is 11.0. The summed E-state index contributed by atoms with van der Waals surface area (Å²) < 4.78 is 74.0. The molecule has 8 rings (SSSR count). The molecule has 2 bridgehead atoms. The molecule has 47 heavy (non-hydrogen) atoms. The summed E-state index contributed by atoms with van der Waals surface area (Å²) in [6.07, 6.45) is 5.35. The zero-order valence-electron chi connectivity index (χ0n) is 26.5. The van der Waals surface area contributed by atoms with Gasteiger partial charge in [0.1, 0.15) is 29.4 Å². The van der Waals surface area contributed by atoms with Gasteiger partial charge in [-0.15, -0.1) is 0 Å². The summed E-state index contributed by atoms with van der Waals surface area (Å²) in [5.74, 6) is -4.59. The minimum atomic E-state index is -2.93. The van der Waals surface area contributed by atoms with Crippen molar-refractivity contribution in [3.05, 3.63) is 64.7 Å². The number of ether oxygens (including phenoxy) is 2. The Kier molecular flexibility index (Phi) is 7.15. The van der Waals surface area contributed by atoms with Crippen LogP contribution < -0.4 is 15.0 Å². The average Bonchev–Trinajstić information content (AvgIpc) is 3.28. The van der Waals surface area contributed by atoms with E-state index in [2.05, 4.69) is 22.2 Å². The summed E-state index contributed by atoms with van der Waals surface area (Å²) in [5.41, 5.74) is -2.76. The van der Waals surface area contributed by atoms with Crippen molar-refractivity contribution in [1.29, 1.82) is 0 Å². The number of likely N-dealkylation sites (tertiary alicyclic amines) is 1. The number of nitrogens with zero attached hydrogens (tertiary/aromatic N) is 4. The van der Waals surface area contributed by atoms with Crippen LogP contribution in [0.1, 0.15) is 49.3 Å². The van der Waals surface area contributed by atoms with Crippen molar-refractivity contribution in [3.8, 4) is 6.01 Å². The number of nitrogens with one attached hydrogen (secondary N) is 1. The molecule has 1 unspecified atom stereocenters. The molecule has 5 aliphatic rings. The molecule has 8 nitrogen and oxygen atoms in total. The monoisotopic (exact) mass is 653 g/mol. The van der Waals surface area contributed by atoms with Crippen LogP contribution in [0, 0.1) is 17.0 Å². The van der Waals surface area contributed by atoms with Gasteiger partial charge < -0.3 is 24.8 Å². The van der Waals surface area contributed by atoms with Gasteiger partial charge in [-0.2, -0.15) is 9.97 Å². The van der Waals surface area contributed by atoms with E-state index in [1.54, 1.807) is 13.2 Å². The molecule has 0 radical (unpaired) electrons. The van der Waals surface area contributed by atoms with Crippen molar-refractivity contribution in [2.24, 2.45) is 5.41 Å². The number of hydrogen-bond acceptors (Lipinski definition) is 8. The lowest BCUT2D eigenvalue weighted by Gasteiger charge is -2.40. The van der Waals surface area contributed by atoms with E-state index in [4.69, 9.17) is 9.47 Å². The first-order valence-electron chi connectivity index (χ1n) is 16.4. The molecule has 4 fully saturated rings. The van der Waals surface area contributed by atoms with Gasteiger partial charge in [0, 0.05) is 69.6 Å². The first-order chi connectivity index (χ1) is 22.4. The largest absolute Gasteiger partial charge is 0.463 e. The fourth-order valence-corrected chi connectivity index (χ4v) is 8.29. The third kappa shape index (κ3) is 5.28. The topological polar surface area (TPSA) is 83.0 Å². The highest BCUT2D eigenvalue weighted by atomic mass is 19.3. The van der Waals surface area contributed by atoms with Crippen LogP contribution in [0.2, 0.25) is 0 Å². The molecular formula is C35H39F4N5O3. The molecule has 2 aliphatic carbocycles. The molecule has 4 heterocycles. The lowest BCUT2D eigenvalue weighted by atomic mass is 9.80. The number of aromatic nitrogens is 2. The van der Waals surface area contributed by atoms with Crippen LogP contribution >= 0.6 is 0 Å². The van der Waals surface area contributed by atoms with Crippen molar-refractivity contribution < 1.29 is 32.1 Å². The number of halogens is 4. The van der Waals surface area contributed by atoms with Crippen molar-refractivity contribution >= 4 is 22.8 Å². The second-order valence-electron chi connectivity index (χ2n) is 14.6. The molecule has 3 saturated heterocycles. The SMILES string of the molecule is CO[C@@H]1CCN(C[C@@]2(COc3nc(N4C[C@H]5CC[C@@](C)(C4)N5)c4cc(F)c(C5(O)C=Cc6ccccc6C5)c(F)c4n3)CC2(F)F)C1. The predicted octanol–water partition coefficient (Wildman–Crippen LogP) is 4.82. The second-order valence-corrected chi connectivity index (χ2v) is 14.6. The Morgan fingerprint density at radius 1 is 1.13 bits per heavy atom. The summed E-state index contributed by atoms with van der Waals surface area (Å²) in [6.45, 7) is 4.16. The van der Waals surface area contributed by atoms with E-state index in [9.17, 15) is 13.9 Å². The molecule has 0 spiro atoms. The van der Waals surface area contributed by atoms with E-state index in [0.29, 0.717) is 26.2 Å². The molecule has 3 aromatic rings. The van der Waals surface area contributed by atoms with Gasteiger partial charge in [-0.25, -0.2) is 17.6 Å². The number of fused-ring (bicyclic) bond motifs is 4. The van der Waals surface area contributed by atoms with Crippen LogP contribution in [0.5, 0.6) is 6.01 Å². The molecule has 2 aromatic carbocycles. The van der Waals surface area contributed by atoms with Crippen molar-refractivity contribution in [3.63, 3.8) is 0 Å². The summed E-state index contributed by atoms with van der Waals surface area (Å²) in [7, 11) is 1.62. The maximum atomic E-state index is 16.7. The number of rotatable bonds is 8. The molecule has 5 atom stereocenters. The quantitative estimate of drug-likeness (QED) is 0.335. The van der Waals surface area contributed by atoms with Crippen LogP contribution in [0.4, 0.5) is 23.4 Å². The number of anilines is 1. The Morgan fingerprint density at radius 2 is 1.94 bits per heavy atom. The number of benzene rings is 2. The van der Waals surface area contributed by atoms with Gasteiger partial charge in [-0.3, -0.25) is 4.90 Å². The molecule has 1 aromatic heterocycles. The number of piperazine rings is 1. The van der Waals surface area contributed by atoms with Crippen LogP contribution in [0.3, 0.4) is 0 Å². The van der Waals surface area contributed by atoms with E-state index in [1.165, 1.54) is 12.1 Å². The molecule has 0 amide bonds. The zero-order valence-corrected chi connectivity index (χ0v) is 26.5. The Morgan fingerprint density at radius 3 is 2.68 bits per heavy atom. The van der Waals surface area contributed by atoms with Crippen molar-refractivity contribution in [2.75, 3.05) is 51.3 Å². The van der Waals surface area contributed by atoms with Gasteiger partial charge >= 0.3 is 6.01 Å². The van der Waals surface area contributed by atoms with Crippen molar-refractivity contribution in [1.82, 2.24) is 20.2 Å². The fourth-order valence-electron chi connectivity index (χ4n) is 8.29. The number of alkyl halides is 2. The van der Waals surface area contributed by atoms with Crippen molar-refractivity contribution in [2.45, 2.75) is 68.2 Å². The molecule has 250 valence electrons. The van der Waals surface area contributed by atoms with Gasteiger partial charge in [0.05, 0.1) is 17.1 Å². The number of hydrogen-bond donors (Lipinski definition) is 2. The third-order valence-corrected chi connectivity index (χ3v) is 11.0. The lowest BCUT2D eigenvalue weighted by molar-refractivity contribution is 0.0222. The predicted molar refractivity (Wildman–Crippen MR) is 169 cm³/mol. The van der Waals surface area contributed by atoms with Crippen LogP contribution in [0.25, 0.3) is 17.0 Å². The van der Waals surface area contributed by atoms with Gasteiger partial charge in [0.15, 0.2) is 5.82 Å². The number of aliphatic hydroxyl groups is 1. The normalized spacial score (nSPS) is 32.6. The van der Waals surface area contributed by atoms with Gasteiger partial charge in [0.2, 0.25) is 0 Å². The van der Waals surface area contributed by atoms with E-state index in [-0.39, 0.29) is 66.4 Å². The van der Waals surface area contributed by atoms with Gasteiger partial charge in [-0.05, 0) is 49.5 Å².